The Morgan fingerprint density at radius 2 is 1.79 bits per heavy atom. The first-order valence-corrected chi connectivity index (χ1v) is 14.1. The Balaban J connectivity index is 2.07. The number of esters is 1. The molecule has 6 nitrogen and oxygen atoms in total. The number of carbonyl (C=O) groups is 1. The molecule has 1 fully saturated rings. The predicted molar refractivity (Wildman–Crippen MR) is 152 cm³/mol. The van der Waals surface area contributed by atoms with Crippen LogP contribution in [-0.2, 0) is 14.3 Å². The van der Waals surface area contributed by atoms with Crippen molar-refractivity contribution in [2.75, 3.05) is 0 Å². The first-order chi connectivity index (χ1) is 17.8. The molecule has 0 saturated carbocycles. The number of hydrogen-bond donors (Lipinski definition) is 3. The molecule has 1 unspecified atom stereocenters. The maximum atomic E-state index is 12.9. The quantitative estimate of drug-likeness (QED) is 0.307. The summed E-state index contributed by atoms with van der Waals surface area (Å²) in [4.78, 5) is 12.9. The summed E-state index contributed by atoms with van der Waals surface area (Å²) >= 11 is 0. The van der Waals surface area contributed by atoms with Gasteiger partial charge in [0.1, 0.15) is 6.10 Å². The van der Waals surface area contributed by atoms with Crippen LogP contribution in [0, 0.1) is 23.7 Å². The van der Waals surface area contributed by atoms with Gasteiger partial charge in [-0.3, -0.25) is 0 Å². The molecule has 3 N–H and O–H groups in total. The number of ether oxygens (including phenoxy) is 2. The minimum absolute atomic E-state index is 0.0610. The number of cyclic esters (lactones) is 1. The van der Waals surface area contributed by atoms with Gasteiger partial charge in [-0.15, -0.1) is 0 Å². The van der Waals surface area contributed by atoms with Gasteiger partial charge in [-0.2, -0.15) is 0 Å². The van der Waals surface area contributed by atoms with Crippen molar-refractivity contribution < 1.29 is 29.6 Å². The molecule has 2 aliphatic rings. The Bertz CT molecular complexity index is 911. The van der Waals surface area contributed by atoms with Crippen LogP contribution in [0.2, 0.25) is 0 Å². The van der Waals surface area contributed by atoms with E-state index in [-0.39, 0.29) is 41.8 Å². The van der Waals surface area contributed by atoms with E-state index in [4.69, 9.17) is 9.47 Å². The molecule has 2 rings (SSSR count). The molecule has 9 atom stereocenters. The summed E-state index contributed by atoms with van der Waals surface area (Å²) in [6, 6.07) is 0. The van der Waals surface area contributed by atoms with Crippen LogP contribution in [0.15, 0.2) is 59.8 Å². The van der Waals surface area contributed by atoms with E-state index in [1.54, 1.807) is 20.8 Å². The maximum absolute atomic E-state index is 12.9. The lowest BCUT2D eigenvalue weighted by atomic mass is 9.80. The molecule has 2 heterocycles. The van der Waals surface area contributed by atoms with Gasteiger partial charge in [0.25, 0.3) is 0 Å². The maximum Gasteiger partial charge on any atom is 0.334 e. The van der Waals surface area contributed by atoms with Gasteiger partial charge in [-0.25, -0.2) is 4.79 Å². The summed E-state index contributed by atoms with van der Waals surface area (Å²) in [5.74, 6) is -2.09. The summed E-state index contributed by atoms with van der Waals surface area (Å²) in [6.45, 7) is 13.1. The van der Waals surface area contributed by atoms with Crippen molar-refractivity contribution in [3.63, 3.8) is 0 Å². The zero-order valence-electron chi connectivity index (χ0n) is 24.3. The first-order valence-electron chi connectivity index (χ1n) is 14.1. The number of carbonyl (C=O) groups excluding carboxylic acids is 1. The van der Waals surface area contributed by atoms with Gasteiger partial charge in [0.2, 0.25) is 0 Å². The van der Waals surface area contributed by atoms with Gasteiger partial charge >= 0.3 is 5.97 Å². The summed E-state index contributed by atoms with van der Waals surface area (Å²) in [7, 11) is 0. The van der Waals surface area contributed by atoms with E-state index < -0.39 is 18.0 Å². The normalized spacial score (nSPS) is 41.4. The molecule has 0 bridgehead atoms. The highest BCUT2D eigenvalue weighted by Gasteiger charge is 2.46. The van der Waals surface area contributed by atoms with E-state index in [9.17, 15) is 20.1 Å². The Morgan fingerprint density at radius 1 is 1.11 bits per heavy atom. The molecule has 0 aliphatic carbocycles. The summed E-state index contributed by atoms with van der Waals surface area (Å²) in [6.07, 6.45) is 17.8. The number of aliphatic hydroxyl groups is 3. The van der Waals surface area contributed by atoms with Crippen LogP contribution in [0.25, 0.3) is 0 Å². The third kappa shape index (κ3) is 9.64. The number of aliphatic hydroxyl groups excluding tert-OH is 2. The molecule has 2 aliphatic heterocycles. The summed E-state index contributed by atoms with van der Waals surface area (Å²) < 4.78 is 11.9. The molecular weight excluding hydrogens is 480 g/mol. The number of rotatable bonds is 5. The van der Waals surface area contributed by atoms with Crippen LogP contribution in [-0.4, -0.2) is 51.5 Å². The van der Waals surface area contributed by atoms with Crippen molar-refractivity contribution in [3.8, 4) is 0 Å². The SMILES string of the molecule is CC1=C\[C@@H](C)[C@H](O)/C=C/CC/C=C/C[C@@H]([C@@H](C)C/C=C/C[C@@H]2OC(C)(O)[C@@H](C)[C@H](O)[C@@H]2C)OC(=O)\C(C)=C\1. The van der Waals surface area contributed by atoms with Gasteiger partial charge in [-0.05, 0) is 58.4 Å². The fourth-order valence-corrected chi connectivity index (χ4v) is 5.01. The van der Waals surface area contributed by atoms with E-state index in [0.717, 1.165) is 24.8 Å². The number of hydrogen-bond acceptors (Lipinski definition) is 6. The Kier molecular flexibility index (Phi) is 12.7. The zero-order chi connectivity index (χ0) is 28.5. The van der Waals surface area contributed by atoms with Crippen molar-refractivity contribution >= 4 is 5.97 Å². The second-order valence-electron chi connectivity index (χ2n) is 11.5. The third-order valence-electron chi connectivity index (χ3n) is 8.01. The van der Waals surface area contributed by atoms with Gasteiger partial charge in [-0.1, -0.05) is 75.8 Å². The van der Waals surface area contributed by atoms with Crippen LogP contribution in [0.5, 0.6) is 0 Å². The van der Waals surface area contributed by atoms with Gasteiger partial charge in [0.15, 0.2) is 5.79 Å². The average Bonchev–Trinajstić information content (AvgIpc) is 2.85. The molecule has 0 aromatic rings. The van der Waals surface area contributed by atoms with Crippen molar-refractivity contribution in [2.24, 2.45) is 23.7 Å². The highest BCUT2D eigenvalue weighted by atomic mass is 16.6. The standard InChI is InChI=1S/C32H50O6/c1-21-19-23(3)27(33)16-11-9-8-10-12-17-28(37-31(35)24(4)20-21)22(2)15-13-14-18-29-25(5)30(34)26(6)32(7,36)38-29/h10-14,16,19-20,22-23,25-30,33-34,36H,8-9,15,17-18H2,1-7H3/b12-10+,14-13+,16-11+,21-19+,24-20+/t22-,23+,25+,26-,27+,28-,29-,30+,32?/m0/s1. The van der Waals surface area contributed by atoms with Crippen molar-refractivity contribution in [1.82, 2.24) is 0 Å². The Labute approximate surface area is 229 Å². The lowest BCUT2D eigenvalue weighted by Crippen LogP contribution is -2.55. The minimum Gasteiger partial charge on any atom is -0.458 e. The highest BCUT2D eigenvalue weighted by molar-refractivity contribution is 5.88. The molecular formula is C32H50O6. The molecule has 0 amide bonds. The molecule has 0 spiro atoms. The Morgan fingerprint density at radius 3 is 2.50 bits per heavy atom. The topological polar surface area (TPSA) is 96.2 Å². The largest absolute Gasteiger partial charge is 0.458 e. The van der Waals surface area contributed by atoms with Crippen molar-refractivity contribution in [1.29, 1.82) is 0 Å². The minimum atomic E-state index is -1.35. The van der Waals surface area contributed by atoms with Crippen molar-refractivity contribution in [2.45, 2.75) is 111 Å². The first kappa shape index (κ1) is 32.2. The fraction of sp³-hybridized carbons (Fsp3) is 0.656. The molecule has 6 heteroatoms. The molecule has 0 aromatic carbocycles. The van der Waals surface area contributed by atoms with Crippen LogP contribution in [0.3, 0.4) is 0 Å². The van der Waals surface area contributed by atoms with E-state index >= 15 is 0 Å². The molecule has 1 saturated heterocycles. The molecule has 0 aromatic heterocycles. The van der Waals surface area contributed by atoms with Crippen LogP contribution >= 0.6 is 0 Å². The van der Waals surface area contributed by atoms with Gasteiger partial charge in [0, 0.05) is 29.7 Å². The Hall–Kier alpha value is -1.99. The molecule has 0 radical (unpaired) electrons. The lowest BCUT2D eigenvalue weighted by molar-refractivity contribution is -0.306. The predicted octanol–water partition coefficient (Wildman–Crippen LogP) is 5.80. The van der Waals surface area contributed by atoms with Crippen LogP contribution in [0.4, 0.5) is 0 Å². The monoisotopic (exact) mass is 530 g/mol. The van der Waals surface area contributed by atoms with Gasteiger partial charge in [0.05, 0.1) is 18.3 Å². The highest BCUT2D eigenvalue weighted by Crippen LogP contribution is 2.37. The van der Waals surface area contributed by atoms with E-state index in [1.807, 2.05) is 51.2 Å². The molecule has 214 valence electrons. The summed E-state index contributed by atoms with van der Waals surface area (Å²) in [5, 5.41) is 31.4. The second kappa shape index (κ2) is 15.0. The average molecular weight is 531 g/mol. The number of allylic oxidation sites excluding steroid dienone is 5. The summed E-state index contributed by atoms with van der Waals surface area (Å²) in [5.41, 5.74) is 1.44. The smallest absolute Gasteiger partial charge is 0.334 e. The zero-order valence-corrected chi connectivity index (χ0v) is 24.3. The van der Waals surface area contributed by atoms with Crippen LogP contribution in [0.1, 0.15) is 80.6 Å². The van der Waals surface area contributed by atoms with E-state index in [0.29, 0.717) is 18.4 Å². The fourth-order valence-electron chi connectivity index (χ4n) is 5.01. The van der Waals surface area contributed by atoms with Gasteiger partial charge < -0.3 is 24.8 Å². The van der Waals surface area contributed by atoms with Crippen molar-refractivity contribution in [3.05, 3.63) is 59.8 Å². The molecule has 38 heavy (non-hydrogen) atoms. The van der Waals surface area contributed by atoms with E-state index in [1.165, 1.54) is 0 Å². The third-order valence-corrected chi connectivity index (χ3v) is 8.01. The van der Waals surface area contributed by atoms with E-state index in [2.05, 4.69) is 25.2 Å². The lowest BCUT2D eigenvalue weighted by Gasteiger charge is -2.46. The van der Waals surface area contributed by atoms with Crippen LogP contribution < -0.4 is 0 Å². The second-order valence-corrected chi connectivity index (χ2v) is 11.5.